The van der Waals surface area contributed by atoms with Gasteiger partial charge in [0.15, 0.2) is 0 Å². The second-order valence-electron chi connectivity index (χ2n) is 5.98. The normalized spacial score (nSPS) is 16.2. The fraction of sp³-hybridized carbons (Fsp3) is 0.278. The van der Waals surface area contributed by atoms with Gasteiger partial charge < -0.3 is 4.57 Å². The number of aromatic nitrogens is 1. The Kier molecular flexibility index (Phi) is 4.35. The van der Waals surface area contributed by atoms with Gasteiger partial charge in [0.25, 0.3) is 11.1 Å². The standard InChI is InChI=1S/C18H17N3O2S2/c1-9-6-13(7-15-16(22)20(5)18(23)25-15)11(3)21(9)17-14(8-19)10(2)12(4)24-17/h6-7H,1-5H3/b15-7+. The lowest BCUT2D eigenvalue weighted by Crippen LogP contribution is -2.22. The summed E-state index contributed by atoms with van der Waals surface area (Å²) in [6.07, 6.45) is 1.76. The van der Waals surface area contributed by atoms with Gasteiger partial charge in [0.2, 0.25) is 0 Å². The number of thioether (sulfide) groups is 1. The quantitative estimate of drug-likeness (QED) is 0.738. The summed E-state index contributed by atoms with van der Waals surface area (Å²) in [6, 6.07) is 4.28. The predicted octanol–water partition coefficient (Wildman–Crippen LogP) is 4.31. The van der Waals surface area contributed by atoms with Gasteiger partial charge in [-0.2, -0.15) is 5.26 Å². The topological polar surface area (TPSA) is 66.1 Å². The Morgan fingerprint density at radius 2 is 1.88 bits per heavy atom. The Labute approximate surface area is 154 Å². The van der Waals surface area contributed by atoms with Gasteiger partial charge in [-0.3, -0.25) is 14.5 Å². The number of aryl methyl sites for hydroxylation is 2. The fourth-order valence-corrected chi connectivity index (χ4v) is 4.87. The monoisotopic (exact) mass is 371 g/mol. The van der Waals surface area contributed by atoms with Crippen LogP contribution in [0.5, 0.6) is 0 Å². The van der Waals surface area contributed by atoms with Crippen LogP contribution in [0.4, 0.5) is 4.79 Å². The van der Waals surface area contributed by atoms with Crippen molar-refractivity contribution in [3.05, 3.63) is 43.9 Å². The highest BCUT2D eigenvalue weighted by molar-refractivity contribution is 8.18. The second-order valence-corrected chi connectivity index (χ2v) is 8.17. The van der Waals surface area contributed by atoms with Crippen LogP contribution in [0, 0.1) is 39.0 Å². The molecule has 3 heterocycles. The summed E-state index contributed by atoms with van der Waals surface area (Å²) in [5, 5.41) is 10.2. The third-order valence-corrected chi connectivity index (χ3v) is 6.58. The van der Waals surface area contributed by atoms with Crippen LogP contribution < -0.4 is 0 Å². The number of carbonyl (C=O) groups excluding carboxylic acids is 2. The highest BCUT2D eigenvalue weighted by Gasteiger charge is 2.32. The highest BCUT2D eigenvalue weighted by atomic mass is 32.2. The molecule has 0 aliphatic carbocycles. The molecule has 2 aromatic heterocycles. The van der Waals surface area contributed by atoms with E-state index in [1.807, 2.05) is 38.3 Å². The Morgan fingerprint density at radius 3 is 2.44 bits per heavy atom. The molecule has 1 aliphatic rings. The summed E-state index contributed by atoms with van der Waals surface area (Å²) < 4.78 is 2.05. The number of likely N-dealkylation sites (N-methyl/N-ethyl adjacent to an activating group) is 1. The summed E-state index contributed by atoms with van der Waals surface area (Å²) in [5.41, 5.74) is 4.49. The SMILES string of the molecule is Cc1sc(-n2c(C)cc(/C=C3/SC(=O)N(C)C3=O)c2C)c(C#N)c1C. The zero-order valence-corrected chi connectivity index (χ0v) is 16.3. The van der Waals surface area contributed by atoms with Crippen molar-refractivity contribution < 1.29 is 9.59 Å². The summed E-state index contributed by atoms with van der Waals surface area (Å²) in [5.74, 6) is -0.277. The van der Waals surface area contributed by atoms with E-state index in [4.69, 9.17) is 0 Å². The van der Waals surface area contributed by atoms with Crippen LogP contribution in [0.2, 0.25) is 0 Å². The van der Waals surface area contributed by atoms with Gasteiger partial charge in [-0.1, -0.05) is 0 Å². The molecule has 2 aromatic rings. The first-order chi connectivity index (χ1) is 11.8. The molecule has 5 nitrogen and oxygen atoms in total. The molecular formula is C18H17N3O2S2. The molecule has 3 rings (SSSR count). The molecule has 0 radical (unpaired) electrons. The van der Waals surface area contributed by atoms with E-state index >= 15 is 0 Å². The summed E-state index contributed by atoms with van der Waals surface area (Å²) in [6.45, 7) is 7.90. The van der Waals surface area contributed by atoms with E-state index in [2.05, 4.69) is 6.07 Å². The molecule has 0 aromatic carbocycles. The zero-order valence-electron chi connectivity index (χ0n) is 14.6. The van der Waals surface area contributed by atoms with Crippen molar-refractivity contribution in [3.63, 3.8) is 0 Å². The van der Waals surface area contributed by atoms with E-state index in [-0.39, 0.29) is 11.1 Å². The number of hydrogen-bond acceptors (Lipinski definition) is 5. The molecule has 1 aliphatic heterocycles. The van der Waals surface area contributed by atoms with Gasteiger partial charge in [-0.15, -0.1) is 11.3 Å². The molecule has 7 heteroatoms. The first kappa shape index (κ1) is 17.5. The van der Waals surface area contributed by atoms with Crippen molar-refractivity contribution in [1.82, 2.24) is 9.47 Å². The summed E-state index contributed by atoms with van der Waals surface area (Å²) in [4.78, 5) is 26.4. The van der Waals surface area contributed by atoms with E-state index in [1.165, 1.54) is 7.05 Å². The van der Waals surface area contributed by atoms with Crippen LogP contribution in [0.3, 0.4) is 0 Å². The largest absolute Gasteiger partial charge is 0.308 e. The Bertz CT molecular complexity index is 989. The Hall–Kier alpha value is -2.30. The van der Waals surface area contributed by atoms with Crippen LogP contribution in [0.25, 0.3) is 11.1 Å². The van der Waals surface area contributed by atoms with Crippen molar-refractivity contribution >= 4 is 40.3 Å². The van der Waals surface area contributed by atoms with Gasteiger partial charge >= 0.3 is 0 Å². The van der Waals surface area contributed by atoms with E-state index in [9.17, 15) is 14.9 Å². The average Bonchev–Trinajstić information content (AvgIpc) is 3.09. The van der Waals surface area contributed by atoms with Crippen LogP contribution in [0.15, 0.2) is 11.0 Å². The minimum atomic E-state index is -0.277. The van der Waals surface area contributed by atoms with Crippen LogP contribution in [-0.2, 0) is 4.79 Å². The maximum absolute atomic E-state index is 12.1. The third-order valence-electron chi connectivity index (χ3n) is 4.43. The number of imide groups is 1. The number of rotatable bonds is 2. The zero-order chi connectivity index (χ0) is 18.5. The van der Waals surface area contributed by atoms with Gasteiger partial charge in [-0.25, -0.2) is 0 Å². The van der Waals surface area contributed by atoms with Crippen molar-refractivity contribution in [2.75, 3.05) is 7.05 Å². The lowest BCUT2D eigenvalue weighted by Gasteiger charge is -2.07. The maximum Gasteiger partial charge on any atom is 0.293 e. The van der Waals surface area contributed by atoms with E-state index in [0.717, 1.165) is 49.1 Å². The van der Waals surface area contributed by atoms with E-state index in [0.29, 0.717) is 10.5 Å². The molecule has 0 unspecified atom stereocenters. The molecule has 1 fully saturated rings. The minimum absolute atomic E-state index is 0.263. The van der Waals surface area contributed by atoms with Gasteiger partial charge in [0, 0.05) is 23.3 Å². The molecular weight excluding hydrogens is 354 g/mol. The van der Waals surface area contributed by atoms with Crippen LogP contribution >= 0.6 is 23.1 Å². The molecule has 1 saturated heterocycles. The molecule has 2 amide bonds. The number of nitrogens with zero attached hydrogens (tertiary/aromatic N) is 3. The molecule has 128 valence electrons. The number of nitriles is 1. The molecule has 0 spiro atoms. The predicted molar refractivity (Wildman–Crippen MR) is 101 cm³/mol. The van der Waals surface area contributed by atoms with Crippen molar-refractivity contribution in [3.8, 4) is 11.1 Å². The molecule has 0 saturated carbocycles. The Morgan fingerprint density at radius 1 is 1.20 bits per heavy atom. The van der Waals surface area contributed by atoms with E-state index < -0.39 is 0 Å². The average molecular weight is 371 g/mol. The smallest absolute Gasteiger partial charge is 0.293 e. The summed E-state index contributed by atoms with van der Waals surface area (Å²) >= 11 is 2.54. The first-order valence-electron chi connectivity index (χ1n) is 7.67. The van der Waals surface area contributed by atoms with Crippen molar-refractivity contribution in [1.29, 1.82) is 5.26 Å². The number of hydrogen-bond donors (Lipinski definition) is 0. The lowest BCUT2D eigenvalue weighted by molar-refractivity contribution is -0.121. The van der Waals surface area contributed by atoms with E-state index in [1.54, 1.807) is 17.4 Å². The lowest BCUT2D eigenvalue weighted by atomic mass is 10.2. The highest BCUT2D eigenvalue weighted by Crippen LogP contribution is 2.36. The Balaban J connectivity index is 2.13. The first-order valence-corrected chi connectivity index (χ1v) is 9.30. The minimum Gasteiger partial charge on any atom is -0.308 e. The molecule has 25 heavy (non-hydrogen) atoms. The van der Waals surface area contributed by atoms with Gasteiger partial charge in [0.1, 0.15) is 11.1 Å². The van der Waals surface area contributed by atoms with Crippen LogP contribution in [-0.4, -0.2) is 27.7 Å². The number of amides is 2. The number of thiophene rings is 1. The summed E-state index contributed by atoms with van der Waals surface area (Å²) in [7, 11) is 1.48. The second kappa shape index (κ2) is 6.21. The molecule has 0 atom stereocenters. The fourth-order valence-electron chi connectivity index (χ4n) is 2.83. The maximum atomic E-state index is 12.1. The van der Waals surface area contributed by atoms with Crippen LogP contribution in [0.1, 0.15) is 33.0 Å². The van der Waals surface area contributed by atoms with Gasteiger partial charge in [0.05, 0.1) is 10.5 Å². The number of carbonyl (C=O) groups is 2. The third kappa shape index (κ3) is 2.71. The van der Waals surface area contributed by atoms with Crippen molar-refractivity contribution in [2.24, 2.45) is 0 Å². The molecule has 0 bridgehead atoms. The van der Waals surface area contributed by atoms with Gasteiger partial charge in [-0.05, 0) is 62.7 Å². The molecule has 0 N–H and O–H groups in total. The van der Waals surface area contributed by atoms with Crippen molar-refractivity contribution in [2.45, 2.75) is 27.7 Å².